The van der Waals surface area contributed by atoms with Crippen molar-refractivity contribution >= 4 is 11.6 Å². The van der Waals surface area contributed by atoms with Gasteiger partial charge >= 0.3 is 0 Å². The molecule has 1 unspecified atom stereocenters. The van der Waals surface area contributed by atoms with E-state index < -0.39 is 6.10 Å². The van der Waals surface area contributed by atoms with Crippen LogP contribution in [0.25, 0.3) is 0 Å². The summed E-state index contributed by atoms with van der Waals surface area (Å²) in [5.74, 6) is 0.752. The largest absolute Gasteiger partial charge is 0.478 e. The van der Waals surface area contributed by atoms with Crippen molar-refractivity contribution in [3.63, 3.8) is 0 Å². The fourth-order valence-corrected chi connectivity index (χ4v) is 2.30. The highest BCUT2D eigenvalue weighted by molar-refractivity contribution is 6.00. The predicted molar refractivity (Wildman–Crippen MR) is 71.7 cm³/mol. The molecule has 0 saturated heterocycles. The number of amides is 1. The van der Waals surface area contributed by atoms with E-state index in [0.29, 0.717) is 6.54 Å². The lowest BCUT2D eigenvalue weighted by molar-refractivity contribution is -0.131. The van der Waals surface area contributed by atoms with Crippen molar-refractivity contribution in [1.82, 2.24) is 0 Å². The summed E-state index contributed by atoms with van der Waals surface area (Å²) < 4.78 is 5.89. The number of anilines is 1. The van der Waals surface area contributed by atoms with Gasteiger partial charge in [-0.1, -0.05) is 26.0 Å². The molecule has 1 aromatic carbocycles. The van der Waals surface area contributed by atoms with E-state index in [1.165, 1.54) is 0 Å². The van der Waals surface area contributed by atoms with Gasteiger partial charge in [-0.2, -0.15) is 0 Å². The second kappa shape index (κ2) is 4.61. The second-order valence-corrected chi connectivity index (χ2v) is 5.39. The van der Waals surface area contributed by atoms with E-state index in [-0.39, 0.29) is 11.3 Å². The van der Waals surface area contributed by atoms with Crippen LogP contribution in [0.4, 0.5) is 5.69 Å². The number of nitrogens with two attached hydrogens (primary N) is 1. The standard InChI is InChI=1S/C14H20N2O2/c1-14(2,8-9-15)12-13(17)16(3)10-6-4-5-7-11(10)18-12/h4-7,12H,8-9,15H2,1-3H3. The van der Waals surface area contributed by atoms with Crippen molar-refractivity contribution in [2.45, 2.75) is 26.4 Å². The highest BCUT2D eigenvalue weighted by atomic mass is 16.5. The minimum absolute atomic E-state index is 0.00727. The van der Waals surface area contributed by atoms with Crippen LogP contribution in [-0.2, 0) is 4.79 Å². The minimum atomic E-state index is -0.471. The van der Waals surface area contributed by atoms with E-state index in [9.17, 15) is 4.79 Å². The third kappa shape index (κ3) is 2.08. The van der Waals surface area contributed by atoms with Crippen LogP contribution in [0.15, 0.2) is 24.3 Å². The molecule has 98 valence electrons. The Hall–Kier alpha value is -1.55. The zero-order chi connectivity index (χ0) is 13.3. The first-order valence-electron chi connectivity index (χ1n) is 6.20. The maximum Gasteiger partial charge on any atom is 0.268 e. The number of likely N-dealkylation sites (N-methyl/N-ethyl adjacent to an activating group) is 1. The van der Waals surface area contributed by atoms with Gasteiger partial charge in [0.2, 0.25) is 0 Å². The highest BCUT2D eigenvalue weighted by Gasteiger charge is 2.42. The third-order valence-electron chi connectivity index (χ3n) is 3.52. The van der Waals surface area contributed by atoms with Crippen LogP contribution in [0.5, 0.6) is 5.75 Å². The fourth-order valence-electron chi connectivity index (χ4n) is 2.30. The van der Waals surface area contributed by atoms with Gasteiger partial charge in [0.25, 0.3) is 5.91 Å². The van der Waals surface area contributed by atoms with Crippen LogP contribution >= 0.6 is 0 Å². The van der Waals surface area contributed by atoms with Crippen LogP contribution < -0.4 is 15.4 Å². The quantitative estimate of drug-likeness (QED) is 0.887. The normalized spacial score (nSPS) is 19.4. The molecule has 1 aliphatic heterocycles. The molecule has 18 heavy (non-hydrogen) atoms. The lowest BCUT2D eigenvalue weighted by Gasteiger charge is -2.39. The van der Waals surface area contributed by atoms with Gasteiger partial charge in [-0.25, -0.2) is 0 Å². The predicted octanol–water partition coefficient (Wildman–Crippen LogP) is 1.79. The molecule has 0 fully saturated rings. The maximum absolute atomic E-state index is 12.4. The Bertz CT molecular complexity index is 457. The Balaban J connectivity index is 2.35. The molecule has 4 heteroatoms. The number of nitrogens with zero attached hydrogens (tertiary/aromatic N) is 1. The summed E-state index contributed by atoms with van der Waals surface area (Å²) in [5, 5.41) is 0. The SMILES string of the molecule is CN1C(=O)C(C(C)(C)CCN)Oc2ccccc21. The lowest BCUT2D eigenvalue weighted by atomic mass is 9.81. The first kappa shape index (κ1) is 12.9. The fraction of sp³-hybridized carbons (Fsp3) is 0.500. The van der Waals surface area contributed by atoms with E-state index in [0.717, 1.165) is 17.9 Å². The summed E-state index contributed by atoms with van der Waals surface area (Å²) in [7, 11) is 1.79. The number of benzene rings is 1. The van der Waals surface area contributed by atoms with Crippen molar-refractivity contribution < 1.29 is 9.53 Å². The molecule has 0 saturated carbocycles. The zero-order valence-corrected chi connectivity index (χ0v) is 11.1. The summed E-state index contributed by atoms with van der Waals surface area (Å²) in [6.07, 6.45) is 0.278. The van der Waals surface area contributed by atoms with Crippen molar-refractivity contribution in [2.75, 3.05) is 18.5 Å². The first-order valence-corrected chi connectivity index (χ1v) is 6.20. The molecule has 2 N–H and O–H groups in total. The van der Waals surface area contributed by atoms with Gasteiger partial charge < -0.3 is 15.4 Å². The highest BCUT2D eigenvalue weighted by Crippen LogP contribution is 2.38. The molecule has 1 aromatic rings. The summed E-state index contributed by atoms with van der Waals surface area (Å²) in [6.45, 7) is 4.58. The summed E-state index contributed by atoms with van der Waals surface area (Å²) in [6, 6.07) is 7.59. The number of ether oxygens (including phenoxy) is 1. The zero-order valence-electron chi connectivity index (χ0n) is 11.1. The minimum Gasteiger partial charge on any atom is -0.478 e. The number of fused-ring (bicyclic) bond motifs is 1. The molecule has 4 nitrogen and oxygen atoms in total. The molecule has 0 bridgehead atoms. The molecule has 0 radical (unpaired) electrons. The van der Waals surface area contributed by atoms with E-state index >= 15 is 0 Å². The molecule has 1 heterocycles. The van der Waals surface area contributed by atoms with Crippen LogP contribution in [0.1, 0.15) is 20.3 Å². The Morgan fingerprint density at radius 1 is 1.39 bits per heavy atom. The molecule has 0 aromatic heterocycles. The van der Waals surface area contributed by atoms with Crippen LogP contribution in [0, 0.1) is 5.41 Å². The van der Waals surface area contributed by atoms with Gasteiger partial charge in [-0.15, -0.1) is 0 Å². The molecular weight excluding hydrogens is 228 g/mol. The van der Waals surface area contributed by atoms with E-state index in [2.05, 4.69) is 0 Å². The lowest BCUT2D eigenvalue weighted by Crippen LogP contribution is -2.51. The van der Waals surface area contributed by atoms with Crippen LogP contribution in [-0.4, -0.2) is 25.6 Å². The number of hydrogen-bond acceptors (Lipinski definition) is 3. The molecule has 0 spiro atoms. The number of carbonyl (C=O) groups is 1. The topological polar surface area (TPSA) is 55.6 Å². The average Bonchev–Trinajstić information content (AvgIpc) is 2.33. The Morgan fingerprint density at radius 2 is 2.06 bits per heavy atom. The van der Waals surface area contributed by atoms with Crippen molar-refractivity contribution in [1.29, 1.82) is 0 Å². The molecule has 1 atom stereocenters. The monoisotopic (exact) mass is 248 g/mol. The Kier molecular flexibility index (Phi) is 3.30. The summed E-state index contributed by atoms with van der Waals surface area (Å²) >= 11 is 0. The molecule has 0 aliphatic carbocycles. The van der Waals surface area contributed by atoms with Crippen molar-refractivity contribution in [2.24, 2.45) is 11.1 Å². The van der Waals surface area contributed by atoms with Crippen LogP contribution in [0.2, 0.25) is 0 Å². The second-order valence-electron chi connectivity index (χ2n) is 5.39. The molecule has 2 rings (SSSR count). The first-order chi connectivity index (χ1) is 8.47. The number of carbonyl (C=O) groups excluding carboxylic acids is 1. The Morgan fingerprint density at radius 3 is 2.72 bits per heavy atom. The number of rotatable bonds is 3. The number of hydrogen-bond donors (Lipinski definition) is 1. The van der Waals surface area contributed by atoms with Crippen molar-refractivity contribution in [3.05, 3.63) is 24.3 Å². The van der Waals surface area contributed by atoms with Crippen molar-refractivity contribution in [3.8, 4) is 5.75 Å². The molecular formula is C14H20N2O2. The van der Waals surface area contributed by atoms with Gasteiger partial charge in [0.1, 0.15) is 5.75 Å². The van der Waals surface area contributed by atoms with E-state index in [1.54, 1.807) is 11.9 Å². The summed E-state index contributed by atoms with van der Waals surface area (Å²) in [5.41, 5.74) is 6.17. The van der Waals surface area contributed by atoms with Gasteiger partial charge in [-0.3, -0.25) is 4.79 Å². The van der Waals surface area contributed by atoms with E-state index in [1.807, 2.05) is 38.1 Å². The van der Waals surface area contributed by atoms with Gasteiger partial charge in [-0.05, 0) is 25.1 Å². The maximum atomic E-state index is 12.4. The third-order valence-corrected chi connectivity index (χ3v) is 3.52. The smallest absolute Gasteiger partial charge is 0.268 e. The Labute approximate surface area is 108 Å². The number of para-hydroxylation sites is 2. The van der Waals surface area contributed by atoms with E-state index in [4.69, 9.17) is 10.5 Å². The van der Waals surface area contributed by atoms with Gasteiger partial charge in [0.15, 0.2) is 6.10 Å². The van der Waals surface area contributed by atoms with Crippen LogP contribution in [0.3, 0.4) is 0 Å². The van der Waals surface area contributed by atoms with Gasteiger partial charge in [0.05, 0.1) is 5.69 Å². The average molecular weight is 248 g/mol. The van der Waals surface area contributed by atoms with Gasteiger partial charge in [0, 0.05) is 12.5 Å². The summed E-state index contributed by atoms with van der Waals surface area (Å²) in [4.78, 5) is 14.0. The molecule has 1 amide bonds. The molecule has 1 aliphatic rings.